The summed E-state index contributed by atoms with van der Waals surface area (Å²) in [6.07, 6.45) is 5.23. The summed E-state index contributed by atoms with van der Waals surface area (Å²) in [5, 5.41) is 4.57. The molecule has 1 atom stereocenters. The summed E-state index contributed by atoms with van der Waals surface area (Å²) in [7, 11) is 0. The van der Waals surface area contributed by atoms with Crippen LogP contribution in [0, 0.1) is 0 Å². The first-order valence-corrected chi connectivity index (χ1v) is 10.5. The molecule has 0 radical (unpaired) electrons. The Morgan fingerprint density at radius 3 is 2.42 bits per heavy atom. The third-order valence-corrected chi connectivity index (χ3v) is 5.20. The maximum absolute atomic E-state index is 11.1. The molecule has 2 aromatic heterocycles. The molecule has 7 nitrogen and oxygen atoms in total. The number of amides is 1. The fourth-order valence-corrected chi connectivity index (χ4v) is 3.56. The molecule has 0 spiro atoms. The van der Waals surface area contributed by atoms with E-state index in [2.05, 4.69) is 15.3 Å². The molecule has 1 fully saturated rings. The zero-order valence-corrected chi connectivity index (χ0v) is 17.8. The second-order valence-corrected chi connectivity index (χ2v) is 7.87. The van der Waals surface area contributed by atoms with E-state index in [1.165, 1.54) is 6.92 Å². The third kappa shape index (κ3) is 5.49. The zero-order valence-electron chi connectivity index (χ0n) is 17.8. The lowest BCUT2D eigenvalue weighted by atomic mass is 9.92. The van der Waals surface area contributed by atoms with Crippen LogP contribution in [-0.2, 0) is 16.1 Å². The van der Waals surface area contributed by atoms with Gasteiger partial charge in [0.1, 0.15) is 12.7 Å². The van der Waals surface area contributed by atoms with E-state index in [-0.39, 0.29) is 24.2 Å². The lowest BCUT2D eigenvalue weighted by Gasteiger charge is -2.35. The molecule has 2 heterocycles. The first kappa shape index (κ1) is 21.1. The number of ether oxygens (including phenoxy) is 3. The van der Waals surface area contributed by atoms with Gasteiger partial charge in [-0.05, 0) is 24.6 Å². The predicted molar refractivity (Wildman–Crippen MR) is 117 cm³/mol. The lowest BCUT2D eigenvalue weighted by molar-refractivity contribution is -0.121. The van der Waals surface area contributed by atoms with Crippen molar-refractivity contribution in [3.8, 4) is 11.8 Å². The predicted octanol–water partition coefficient (Wildman–Crippen LogP) is 3.66. The molecule has 0 saturated heterocycles. The van der Waals surface area contributed by atoms with Gasteiger partial charge in [-0.15, -0.1) is 0 Å². The number of hydrogen-bond acceptors (Lipinski definition) is 6. The van der Waals surface area contributed by atoms with Crippen LogP contribution in [0.3, 0.4) is 0 Å². The van der Waals surface area contributed by atoms with Crippen LogP contribution in [0.1, 0.15) is 32.3 Å². The minimum Gasteiger partial charge on any atom is -0.474 e. The lowest BCUT2D eigenvalue weighted by Crippen LogP contribution is -2.42. The SMILES string of the molecule is CC(=O)N[C@@H](C)COC1CC(Oc2nccc3c(OCc4ccccc4)nccc23)C1. The van der Waals surface area contributed by atoms with Crippen molar-refractivity contribution in [1.82, 2.24) is 15.3 Å². The van der Waals surface area contributed by atoms with Crippen molar-refractivity contribution in [2.24, 2.45) is 0 Å². The van der Waals surface area contributed by atoms with Crippen LogP contribution < -0.4 is 14.8 Å². The van der Waals surface area contributed by atoms with Crippen LogP contribution in [0.2, 0.25) is 0 Å². The summed E-state index contributed by atoms with van der Waals surface area (Å²) in [4.78, 5) is 19.9. The number of carbonyl (C=O) groups excluding carboxylic acids is 1. The summed E-state index contributed by atoms with van der Waals surface area (Å²) in [6.45, 7) is 4.38. The normalized spacial score (nSPS) is 18.8. The molecular weight excluding hydrogens is 394 g/mol. The molecule has 0 aliphatic heterocycles. The number of fused-ring (bicyclic) bond motifs is 1. The molecule has 1 N–H and O–H groups in total. The van der Waals surface area contributed by atoms with Gasteiger partial charge in [-0.2, -0.15) is 0 Å². The summed E-state index contributed by atoms with van der Waals surface area (Å²) >= 11 is 0. The summed E-state index contributed by atoms with van der Waals surface area (Å²) < 4.78 is 17.9. The number of pyridine rings is 2. The Labute approximate surface area is 181 Å². The van der Waals surface area contributed by atoms with Gasteiger partial charge in [-0.3, -0.25) is 4.79 Å². The average Bonchev–Trinajstić information content (AvgIpc) is 2.74. The minimum absolute atomic E-state index is 0.000918. The third-order valence-electron chi connectivity index (χ3n) is 5.20. The monoisotopic (exact) mass is 421 g/mol. The summed E-state index contributed by atoms with van der Waals surface area (Å²) in [5.41, 5.74) is 1.08. The van der Waals surface area contributed by atoms with Gasteiger partial charge in [-0.1, -0.05) is 30.3 Å². The number of aromatic nitrogens is 2. The minimum atomic E-state index is -0.0467. The number of rotatable bonds is 9. The first-order valence-electron chi connectivity index (χ1n) is 10.5. The van der Waals surface area contributed by atoms with E-state index < -0.39 is 0 Å². The fraction of sp³-hybridized carbons (Fsp3) is 0.375. The van der Waals surface area contributed by atoms with Crippen molar-refractivity contribution >= 4 is 16.7 Å². The van der Waals surface area contributed by atoms with Crippen molar-refractivity contribution in [1.29, 1.82) is 0 Å². The van der Waals surface area contributed by atoms with E-state index in [1.54, 1.807) is 12.4 Å². The second-order valence-electron chi connectivity index (χ2n) is 7.87. The summed E-state index contributed by atoms with van der Waals surface area (Å²) in [6, 6.07) is 13.8. The molecular formula is C24H27N3O4. The second kappa shape index (κ2) is 9.75. The van der Waals surface area contributed by atoms with Crippen molar-refractivity contribution < 1.29 is 19.0 Å². The molecule has 3 aromatic rings. The fourth-order valence-electron chi connectivity index (χ4n) is 3.56. The van der Waals surface area contributed by atoms with Crippen LogP contribution in [0.25, 0.3) is 10.8 Å². The number of carbonyl (C=O) groups is 1. The van der Waals surface area contributed by atoms with Crippen LogP contribution in [0.15, 0.2) is 54.9 Å². The van der Waals surface area contributed by atoms with Crippen molar-refractivity contribution in [2.75, 3.05) is 6.61 Å². The van der Waals surface area contributed by atoms with E-state index in [0.29, 0.717) is 25.0 Å². The van der Waals surface area contributed by atoms with Crippen LogP contribution in [0.4, 0.5) is 0 Å². The van der Waals surface area contributed by atoms with Gasteiger partial charge < -0.3 is 19.5 Å². The Kier molecular flexibility index (Phi) is 6.62. The van der Waals surface area contributed by atoms with Gasteiger partial charge in [0.15, 0.2) is 0 Å². The molecule has 7 heteroatoms. The molecule has 1 aromatic carbocycles. The smallest absolute Gasteiger partial charge is 0.221 e. The van der Waals surface area contributed by atoms with Gasteiger partial charge >= 0.3 is 0 Å². The number of nitrogens with one attached hydrogen (secondary N) is 1. The first-order chi connectivity index (χ1) is 15.1. The molecule has 1 saturated carbocycles. The molecule has 162 valence electrons. The van der Waals surface area contributed by atoms with Gasteiger partial charge in [0.05, 0.1) is 23.5 Å². The van der Waals surface area contributed by atoms with Crippen LogP contribution in [0.5, 0.6) is 11.8 Å². The number of nitrogens with zero attached hydrogens (tertiary/aromatic N) is 2. The van der Waals surface area contributed by atoms with E-state index in [9.17, 15) is 4.79 Å². The Balaban J connectivity index is 1.34. The largest absolute Gasteiger partial charge is 0.474 e. The van der Waals surface area contributed by atoms with Crippen LogP contribution >= 0.6 is 0 Å². The highest BCUT2D eigenvalue weighted by atomic mass is 16.5. The zero-order chi connectivity index (χ0) is 21.6. The Bertz CT molecular complexity index is 1020. The Morgan fingerprint density at radius 1 is 1.03 bits per heavy atom. The Hall–Kier alpha value is -3.19. The highest BCUT2D eigenvalue weighted by Gasteiger charge is 2.32. The quantitative estimate of drug-likeness (QED) is 0.568. The van der Waals surface area contributed by atoms with E-state index in [0.717, 1.165) is 29.2 Å². The van der Waals surface area contributed by atoms with Gasteiger partial charge in [0, 0.05) is 38.2 Å². The maximum atomic E-state index is 11.1. The van der Waals surface area contributed by atoms with E-state index in [4.69, 9.17) is 14.2 Å². The van der Waals surface area contributed by atoms with Crippen molar-refractivity contribution in [3.63, 3.8) is 0 Å². The number of benzene rings is 1. The molecule has 0 bridgehead atoms. The van der Waals surface area contributed by atoms with Gasteiger partial charge in [0.25, 0.3) is 0 Å². The molecule has 1 aliphatic carbocycles. The highest BCUT2D eigenvalue weighted by molar-refractivity contribution is 5.90. The topological polar surface area (TPSA) is 82.6 Å². The van der Waals surface area contributed by atoms with Gasteiger partial charge in [-0.25, -0.2) is 9.97 Å². The molecule has 1 amide bonds. The molecule has 4 rings (SSSR count). The van der Waals surface area contributed by atoms with Crippen molar-refractivity contribution in [3.05, 3.63) is 60.4 Å². The number of hydrogen-bond donors (Lipinski definition) is 1. The average molecular weight is 421 g/mol. The Morgan fingerprint density at radius 2 is 1.71 bits per heavy atom. The van der Waals surface area contributed by atoms with Crippen molar-refractivity contribution in [2.45, 2.75) is 51.5 Å². The molecule has 1 aliphatic rings. The van der Waals surface area contributed by atoms with Gasteiger partial charge in [0.2, 0.25) is 17.7 Å². The molecule has 31 heavy (non-hydrogen) atoms. The van der Waals surface area contributed by atoms with E-state index in [1.807, 2.05) is 49.4 Å². The summed E-state index contributed by atoms with van der Waals surface area (Å²) in [5.74, 6) is 1.10. The maximum Gasteiger partial charge on any atom is 0.221 e. The standard InChI is InChI=1S/C24H27N3O4/c1-16(27-17(2)28)14-29-19-12-20(13-19)31-24-22-9-10-25-23(21(22)8-11-26-24)30-15-18-6-4-3-5-7-18/h3-11,16,19-20H,12-15H2,1-2H3,(H,27,28)/t16-,19?,20?/m0/s1. The highest BCUT2D eigenvalue weighted by Crippen LogP contribution is 2.33. The molecule has 0 unspecified atom stereocenters. The van der Waals surface area contributed by atoms with Crippen LogP contribution in [-0.4, -0.2) is 40.7 Å². The van der Waals surface area contributed by atoms with E-state index >= 15 is 0 Å².